The van der Waals surface area contributed by atoms with Crippen molar-refractivity contribution in [1.82, 2.24) is 10.2 Å². The second-order valence-corrected chi connectivity index (χ2v) is 4.97. The van der Waals surface area contributed by atoms with Crippen LogP contribution in [0.25, 0.3) is 0 Å². The van der Waals surface area contributed by atoms with Gasteiger partial charge in [0, 0.05) is 18.2 Å². The summed E-state index contributed by atoms with van der Waals surface area (Å²) < 4.78 is 13.5. The molecule has 0 aliphatic heterocycles. The number of rotatable bonds is 5. The molecule has 1 amide bonds. The van der Waals surface area contributed by atoms with E-state index in [1.807, 2.05) is 18.9 Å². The Labute approximate surface area is 107 Å². The predicted octanol–water partition coefficient (Wildman–Crippen LogP) is 1.92. The van der Waals surface area contributed by atoms with Crippen LogP contribution in [0.15, 0.2) is 24.3 Å². The first kappa shape index (κ1) is 13.0. The molecular weight excluding hydrogens is 231 g/mol. The van der Waals surface area contributed by atoms with Crippen LogP contribution in [-0.2, 0) is 11.3 Å². The van der Waals surface area contributed by atoms with E-state index in [-0.39, 0.29) is 17.8 Å². The van der Waals surface area contributed by atoms with Crippen LogP contribution in [-0.4, -0.2) is 29.9 Å². The van der Waals surface area contributed by atoms with Crippen LogP contribution in [0.5, 0.6) is 0 Å². The number of hydrogen-bond acceptors (Lipinski definition) is 2. The van der Waals surface area contributed by atoms with Gasteiger partial charge in [0.15, 0.2) is 0 Å². The third kappa shape index (κ3) is 3.29. The summed E-state index contributed by atoms with van der Waals surface area (Å²) in [4.78, 5) is 13.7. The summed E-state index contributed by atoms with van der Waals surface area (Å²) in [5, 5.41) is 2.96. The number of carbonyl (C=O) groups excluding carboxylic acids is 1. The molecule has 0 unspecified atom stereocenters. The van der Waals surface area contributed by atoms with E-state index in [9.17, 15) is 9.18 Å². The highest BCUT2D eigenvalue weighted by Crippen LogP contribution is 2.19. The summed E-state index contributed by atoms with van der Waals surface area (Å²) in [6.45, 7) is 2.28. The molecule has 98 valence electrons. The Balaban J connectivity index is 1.92. The van der Waals surface area contributed by atoms with E-state index in [1.165, 1.54) is 6.07 Å². The van der Waals surface area contributed by atoms with Crippen molar-refractivity contribution in [2.45, 2.75) is 38.4 Å². The Kier molecular flexibility index (Phi) is 3.97. The lowest BCUT2D eigenvalue weighted by molar-refractivity contribution is -0.125. The van der Waals surface area contributed by atoms with Gasteiger partial charge in [-0.15, -0.1) is 0 Å². The van der Waals surface area contributed by atoms with Crippen molar-refractivity contribution >= 4 is 5.91 Å². The number of nitrogens with zero attached hydrogens (tertiary/aromatic N) is 1. The summed E-state index contributed by atoms with van der Waals surface area (Å²) in [7, 11) is 1.84. The molecule has 1 atom stereocenters. The summed E-state index contributed by atoms with van der Waals surface area (Å²) in [5.74, 6) is -0.199. The fourth-order valence-electron chi connectivity index (χ4n) is 1.78. The Morgan fingerprint density at radius 2 is 2.17 bits per heavy atom. The minimum Gasteiger partial charge on any atom is -0.352 e. The number of halogens is 1. The maximum atomic E-state index is 13.5. The Morgan fingerprint density at radius 1 is 1.50 bits per heavy atom. The SMILES string of the molecule is C[C@H](C(=O)NC1CC1)N(C)Cc1ccccc1F. The fourth-order valence-corrected chi connectivity index (χ4v) is 1.78. The Hall–Kier alpha value is -1.42. The van der Waals surface area contributed by atoms with Gasteiger partial charge in [0.1, 0.15) is 5.82 Å². The van der Waals surface area contributed by atoms with Crippen molar-refractivity contribution in [1.29, 1.82) is 0 Å². The summed E-state index contributed by atoms with van der Waals surface area (Å²) in [6, 6.07) is 6.78. The van der Waals surface area contributed by atoms with Gasteiger partial charge < -0.3 is 5.32 Å². The molecule has 1 aromatic carbocycles. The molecule has 1 aliphatic rings. The molecule has 0 radical (unpaired) electrons. The normalized spacial score (nSPS) is 16.7. The van der Waals surface area contributed by atoms with E-state index in [2.05, 4.69) is 5.32 Å². The first-order valence-electron chi connectivity index (χ1n) is 6.32. The molecular formula is C14H19FN2O. The van der Waals surface area contributed by atoms with E-state index >= 15 is 0 Å². The zero-order chi connectivity index (χ0) is 13.1. The highest BCUT2D eigenvalue weighted by atomic mass is 19.1. The van der Waals surface area contributed by atoms with Crippen LogP contribution < -0.4 is 5.32 Å². The van der Waals surface area contributed by atoms with E-state index in [0.29, 0.717) is 18.2 Å². The standard InChI is InChI=1S/C14H19FN2O/c1-10(14(18)16-12-7-8-12)17(2)9-11-5-3-4-6-13(11)15/h3-6,10,12H,7-9H2,1-2H3,(H,16,18)/t10-/m1/s1. The monoisotopic (exact) mass is 250 g/mol. The number of nitrogens with one attached hydrogen (secondary N) is 1. The third-order valence-corrected chi connectivity index (χ3v) is 3.34. The number of hydrogen-bond donors (Lipinski definition) is 1. The molecule has 1 fully saturated rings. The maximum Gasteiger partial charge on any atom is 0.237 e. The lowest BCUT2D eigenvalue weighted by Crippen LogP contribution is -2.43. The van der Waals surface area contributed by atoms with Crippen molar-refractivity contribution in [3.63, 3.8) is 0 Å². The zero-order valence-corrected chi connectivity index (χ0v) is 10.8. The first-order valence-corrected chi connectivity index (χ1v) is 6.32. The van der Waals surface area contributed by atoms with Crippen molar-refractivity contribution in [3.05, 3.63) is 35.6 Å². The number of amides is 1. The third-order valence-electron chi connectivity index (χ3n) is 3.34. The van der Waals surface area contributed by atoms with Crippen LogP contribution in [0.3, 0.4) is 0 Å². The lowest BCUT2D eigenvalue weighted by Gasteiger charge is -2.24. The van der Waals surface area contributed by atoms with Gasteiger partial charge in [-0.3, -0.25) is 9.69 Å². The predicted molar refractivity (Wildman–Crippen MR) is 68.5 cm³/mol. The molecule has 2 rings (SSSR count). The molecule has 18 heavy (non-hydrogen) atoms. The molecule has 0 saturated heterocycles. The zero-order valence-electron chi connectivity index (χ0n) is 10.8. The van der Waals surface area contributed by atoms with Gasteiger partial charge in [-0.1, -0.05) is 18.2 Å². The molecule has 0 heterocycles. The van der Waals surface area contributed by atoms with Gasteiger partial charge in [-0.2, -0.15) is 0 Å². The van der Waals surface area contributed by atoms with Crippen LogP contribution >= 0.6 is 0 Å². The second-order valence-electron chi connectivity index (χ2n) is 4.97. The second kappa shape index (κ2) is 5.48. The maximum absolute atomic E-state index is 13.5. The van der Waals surface area contributed by atoms with Gasteiger partial charge in [-0.05, 0) is 32.9 Å². The van der Waals surface area contributed by atoms with Crippen molar-refractivity contribution in [2.75, 3.05) is 7.05 Å². The highest BCUT2D eigenvalue weighted by molar-refractivity contribution is 5.81. The molecule has 0 bridgehead atoms. The molecule has 1 N–H and O–H groups in total. The van der Waals surface area contributed by atoms with Crippen LogP contribution in [0, 0.1) is 5.82 Å². The first-order chi connectivity index (χ1) is 8.58. The smallest absolute Gasteiger partial charge is 0.237 e. The molecule has 0 aromatic heterocycles. The van der Waals surface area contributed by atoms with E-state index < -0.39 is 0 Å². The van der Waals surface area contributed by atoms with Crippen molar-refractivity contribution in [2.24, 2.45) is 0 Å². The quantitative estimate of drug-likeness (QED) is 0.866. The average molecular weight is 250 g/mol. The highest BCUT2D eigenvalue weighted by Gasteiger charge is 2.27. The lowest BCUT2D eigenvalue weighted by atomic mass is 10.1. The Morgan fingerprint density at radius 3 is 2.78 bits per heavy atom. The molecule has 1 aliphatic carbocycles. The summed E-state index contributed by atoms with van der Waals surface area (Å²) in [6.07, 6.45) is 2.16. The van der Waals surface area contributed by atoms with Gasteiger partial charge >= 0.3 is 0 Å². The van der Waals surface area contributed by atoms with Crippen molar-refractivity contribution in [3.8, 4) is 0 Å². The number of likely N-dealkylation sites (N-methyl/N-ethyl adjacent to an activating group) is 1. The summed E-state index contributed by atoms with van der Waals surface area (Å²) in [5.41, 5.74) is 0.617. The number of benzene rings is 1. The number of carbonyl (C=O) groups is 1. The molecule has 3 nitrogen and oxygen atoms in total. The van der Waals surface area contributed by atoms with Crippen LogP contribution in [0.2, 0.25) is 0 Å². The van der Waals surface area contributed by atoms with E-state index in [1.54, 1.807) is 18.2 Å². The van der Waals surface area contributed by atoms with E-state index in [0.717, 1.165) is 12.8 Å². The molecule has 1 aromatic rings. The van der Waals surface area contributed by atoms with E-state index in [4.69, 9.17) is 0 Å². The van der Waals surface area contributed by atoms with Gasteiger partial charge in [0.25, 0.3) is 0 Å². The Bertz CT molecular complexity index is 432. The molecule has 0 spiro atoms. The largest absolute Gasteiger partial charge is 0.352 e. The average Bonchev–Trinajstić information content (AvgIpc) is 3.15. The topological polar surface area (TPSA) is 32.3 Å². The fraction of sp³-hybridized carbons (Fsp3) is 0.500. The van der Waals surface area contributed by atoms with Gasteiger partial charge in [0.05, 0.1) is 6.04 Å². The van der Waals surface area contributed by atoms with Gasteiger partial charge in [0.2, 0.25) is 5.91 Å². The minimum atomic E-state index is -0.245. The molecule has 4 heteroatoms. The van der Waals surface area contributed by atoms with Crippen LogP contribution in [0.4, 0.5) is 4.39 Å². The minimum absolute atomic E-state index is 0.0244. The molecule has 1 saturated carbocycles. The summed E-state index contributed by atoms with van der Waals surface area (Å²) >= 11 is 0. The van der Waals surface area contributed by atoms with Crippen LogP contribution in [0.1, 0.15) is 25.3 Å². The van der Waals surface area contributed by atoms with Crippen molar-refractivity contribution < 1.29 is 9.18 Å². The van der Waals surface area contributed by atoms with Gasteiger partial charge in [-0.25, -0.2) is 4.39 Å².